The van der Waals surface area contributed by atoms with Gasteiger partial charge in [0.15, 0.2) is 0 Å². The second-order valence-electron chi connectivity index (χ2n) is 10.2. The summed E-state index contributed by atoms with van der Waals surface area (Å²) in [5.74, 6) is 1.12. The molecule has 0 aliphatic heterocycles. The van der Waals surface area contributed by atoms with E-state index in [2.05, 4.69) is 86.8 Å². The van der Waals surface area contributed by atoms with Crippen molar-refractivity contribution < 1.29 is 9.35 Å². The molecule has 3 aromatic rings. The van der Waals surface area contributed by atoms with E-state index in [1.807, 2.05) is 6.07 Å². The van der Waals surface area contributed by atoms with E-state index in [0.717, 1.165) is 26.0 Å². The van der Waals surface area contributed by atoms with Crippen LogP contribution in [0.4, 0.5) is 11.4 Å². The van der Waals surface area contributed by atoms with E-state index in [4.69, 9.17) is 4.43 Å². The lowest BCUT2D eigenvalue weighted by molar-refractivity contribution is -0.384. The van der Waals surface area contributed by atoms with Gasteiger partial charge in [-0.05, 0) is 46.2 Å². The third kappa shape index (κ3) is 5.08. The molecular formula is C28H34N2O3Si. The maximum Gasteiger partial charge on any atom is 0.292 e. The Kier molecular flexibility index (Phi) is 7.19. The van der Waals surface area contributed by atoms with Gasteiger partial charge < -0.3 is 9.74 Å². The first-order valence-electron chi connectivity index (χ1n) is 12.1. The number of benzene rings is 3. The van der Waals surface area contributed by atoms with Crippen LogP contribution in [0, 0.1) is 22.0 Å². The summed E-state index contributed by atoms with van der Waals surface area (Å²) in [4.78, 5) is 10.9. The molecule has 6 heteroatoms. The van der Waals surface area contributed by atoms with Gasteiger partial charge in [-0.3, -0.25) is 10.1 Å². The fourth-order valence-electron chi connectivity index (χ4n) is 5.06. The second kappa shape index (κ2) is 10.1. The van der Waals surface area contributed by atoms with Crippen LogP contribution in [0.2, 0.25) is 5.04 Å². The number of hydrogen-bond acceptors (Lipinski definition) is 4. The molecule has 0 radical (unpaired) electrons. The van der Waals surface area contributed by atoms with Crippen LogP contribution in [0.15, 0.2) is 84.9 Å². The molecule has 5 nitrogen and oxygen atoms in total. The molecule has 3 aromatic carbocycles. The number of nitro benzene ring substituents is 1. The SMILES string of the molecule is CC(C)(C)[Si](OCC[C@H]1C[C@@H]1CNc1ccccc1[N+](=O)[O-])(c1ccccc1)c1ccccc1. The first kappa shape index (κ1) is 24.2. The molecule has 1 saturated carbocycles. The molecule has 0 amide bonds. The summed E-state index contributed by atoms with van der Waals surface area (Å²) in [5.41, 5.74) is 0.733. The van der Waals surface area contributed by atoms with Crippen LogP contribution in [-0.2, 0) is 4.43 Å². The summed E-state index contributed by atoms with van der Waals surface area (Å²) in [6.45, 7) is 8.39. The monoisotopic (exact) mass is 474 g/mol. The number of hydrogen-bond donors (Lipinski definition) is 1. The number of nitrogens with zero attached hydrogens (tertiary/aromatic N) is 1. The second-order valence-corrected chi connectivity index (χ2v) is 14.5. The molecule has 178 valence electrons. The summed E-state index contributed by atoms with van der Waals surface area (Å²) < 4.78 is 7.01. The highest BCUT2D eigenvalue weighted by Gasteiger charge is 2.50. The van der Waals surface area contributed by atoms with Crippen molar-refractivity contribution in [1.29, 1.82) is 0 Å². The Morgan fingerprint density at radius 1 is 0.912 bits per heavy atom. The fourth-order valence-corrected chi connectivity index (χ4v) is 9.64. The highest BCUT2D eigenvalue weighted by molar-refractivity contribution is 6.99. The van der Waals surface area contributed by atoms with Crippen molar-refractivity contribution in [3.63, 3.8) is 0 Å². The molecule has 0 bridgehead atoms. The van der Waals surface area contributed by atoms with Gasteiger partial charge in [-0.25, -0.2) is 0 Å². The predicted molar refractivity (Wildman–Crippen MR) is 141 cm³/mol. The zero-order valence-electron chi connectivity index (χ0n) is 20.2. The Morgan fingerprint density at radius 3 is 2.03 bits per heavy atom. The van der Waals surface area contributed by atoms with E-state index >= 15 is 0 Å². The molecule has 1 N–H and O–H groups in total. The van der Waals surface area contributed by atoms with E-state index in [9.17, 15) is 10.1 Å². The number of anilines is 1. The van der Waals surface area contributed by atoms with Crippen LogP contribution >= 0.6 is 0 Å². The van der Waals surface area contributed by atoms with Crippen molar-refractivity contribution in [2.75, 3.05) is 18.5 Å². The minimum absolute atomic E-state index is 0.0214. The van der Waals surface area contributed by atoms with Crippen molar-refractivity contribution in [2.24, 2.45) is 11.8 Å². The van der Waals surface area contributed by atoms with E-state index in [0.29, 0.717) is 17.5 Å². The molecule has 4 rings (SSSR count). The predicted octanol–water partition coefficient (Wildman–Crippen LogP) is 5.61. The maximum atomic E-state index is 11.2. The van der Waals surface area contributed by atoms with Crippen molar-refractivity contribution >= 4 is 30.1 Å². The summed E-state index contributed by atoms with van der Waals surface area (Å²) >= 11 is 0. The lowest BCUT2D eigenvalue weighted by atomic mass is 10.2. The van der Waals surface area contributed by atoms with Crippen LogP contribution in [0.1, 0.15) is 33.6 Å². The van der Waals surface area contributed by atoms with E-state index in [1.54, 1.807) is 18.2 Å². The molecule has 1 aliphatic carbocycles. The van der Waals surface area contributed by atoms with Gasteiger partial charge in [-0.2, -0.15) is 0 Å². The molecular weight excluding hydrogens is 440 g/mol. The van der Waals surface area contributed by atoms with Crippen LogP contribution in [0.25, 0.3) is 0 Å². The standard InChI is InChI=1S/C28H34N2O3Si/c1-28(2,3)34(24-12-6-4-7-13-24,25-14-8-5-9-15-25)33-19-18-22-20-23(22)21-29-26-16-10-11-17-27(26)30(31)32/h4-17,22-23,29H,18-21H2,1-3H3/t22-,23+/m0/s1. The number of nitro groups is 1. The summed E-state index contributed by atoms with van der Waals surface area (Å²) in [6, 6.07) is 28.3. The quantitative estimate of drug-likeness (QED) is 0.236. The minimum Gasteiger partial charge on any atom is -0.407 e. The maximum absolute atomic E-state index is 11.2. The average molecular weight is 475 g/mol. The van der Waals surface area contributed by atoms with Gasteiger partial charge in [0.25, 0.3) is 14.0 Å². The highest BCUT2D eigenvalue weighted by atomic mass is 28.4. The summed E-state index contributed by atoms with van der Waals surface area (Å²) in [7, 11) is -2.49. The Bertz CT molecular complexity index is 1060. The van der Waals surface area contributed by atoms with Gasteiger partial charge in [-0.15, -0.1) is 0 Å². The number of para-hydroxylation sites is 2. The first-order chi connectivity index (χ1) is 16.3. The van der Waals surface area contributed by atoms with Crippen LogP contribution in [0.3, 0.4) is 0 Å². The number of rotatable bonds is 10. The largest absolute Gasteiger partial charge is 0.407 e. The zero-order valence-corrected chi connectivity index (χ0v) is 21.2. The molecule has 0 aromatic heterocycles. The van der Waals surface area contributed by atoms with Gasteiger partial charge in [0, 0.05) is 19.2 Å². The third-order valence-corrected chi connectivity index (χ3v) is 12.0. The van der Waals surface area contributed by atoms with E-state index < -0.39 is 8.32 Å². The molecule has 0 saturated heterocycles. The Labute approximate surface area is 203 Å². The Morgan fingerprint density at radius 2 is 1.47 bits per heavy atom. The minimum atomic E-state index is -2.49. The molecule has 1 aliphatic rings. The Balaban J connectivity index is 1.42. The van der Waals surface area contributed by atoms with Gasteiger partial charge in [0.05, 0.1) is 4.92 Å². The molecule has 34 heavy (non-hydrogen) atoms. The molecule has 1 fully saturated rings. The molecule has 0 spiro atoms. The Hall–Kier alpha value is -2.96. The molecule has 0 unspecified atom stereocenters. The van der Waals surface area contributed by atoms with Crippen molar-refractivity contribution in [3.05, 3.63) is 95.0 Å². The number of nitrogens with one attached hydrogen (secondary N) is 1. The smallest absolute Gasteiger partial charge is 0.292 e. The zero-order chi connectivity index (χ0) is 24.2. The first-order valence-corrected chi connectivity index (χ1v) is 14.0. The van der Waals surface area contributed by atoms with Crippen LogP contribution < -0.4 is 15.7 Å². The lowest BCUT2D eigenvalue weighted by Crippen LogP contribution is -2.66. The van der Waals surface area contributed by atoms with Gasteiger partial charge >= 0.3 is 0 Å². The van der Waals surface area contributed by atoms with Gasteiger partial charge in [-0.1, -0.05) is 93.6 Å². The normalized spacial score (nSPS) is 17.9. The summed E-state index contributed by atoms with van der Waals surface area (Å²) in [6.07, 6.45) is 2.14. The van der Waals surface area contributed by atoms with Crippen LogP contribution in [0.5, 0.6) is 0 Å². The average Bonchev–Trinajstić information content (AvgIpc) is 3.59. The van der Waals surface area contributed by atoms with Crippen LogP contribution in [-0.4, -0.2) is 26.4 Å². The molecule has 0 heterocycles. The van der Waals surface area contributed by atoms with E-state index in [-0.39, 0.29) is 15.6 Å². The summed E-state index contributed by atoms with van der Waals surface area (Å²) in [5, 5.41) is 17.1. The third-order valence-electron chi connectivity index (χ3n) is 6.95. The van der Waals surface area contributed by atoms with Gasteiger partial charge in [0.2, 0.25) is 0 Å². The van der Waals surface area contributed by atoms with Crippen molar-refractivity contribution in [3.8, 4) is 0 Å². The molecule has 2 atom stereocenters. The van der Waals surface area contributed by atoms with Crippen molar-refractivity contribution in [1.82, 2.24) is 0 Å². The van der Waals surface area contributed by atoms with Crippen molar-refractivity contribution in [2.45, 2.75) is 38.7 Å². The van der Waals surface area contributed by atoms with E-state index in [1.165, 1.54) is 10.4 Å². The van der Waals surface area contributed by atoms with Gasteiger partial charge in [0.1, 0.15) is 5.69 Å². The highest BCUT2D eigenvalue weighted by Crippen LogP contribution is 2.43. The lowest BCUT2D eigenvalue weighted by Gasteiger charge is -2.43. The topological polar surface area (TPSA) is 64.4 Å². The fraction of sp³-hybridized carbons (Fsp3) is 0.357.